The molecule has 0 spiro atoms. The topological polar surface area (TPSA) is 51.8 Å². The summed E-state index contributed by atoms with van der Waals surface area (Å²) in [6.07, 6.45) is 0.758. The van der Waals surface area contributed by atoms with Crippen molar-refractivity contribution in [2.75, 3.05) is 5.73 Å². The molecular formula is C12H10BrFIN3. The molecule has 3 nitrogen and oxygen atoms in total. The number of nitrogens with two attached hydrogens (primary N) is 1. The maximum absolute atomic E-state index is 13.4. The predicted octanol–water partition coefficient (Wildman–Crippen LogP) is 3.79. The van der Waals surface area contributed by atoms with Crippen molar-refractivity contribution in [3.8, 4) is 11.4 Å². The molecule has 1 heterocycles. The Morgan fingerprint density at radius 3 is 2.67 bits per heavy atom. The summed E-state index contributed by atoms with van der Waals surface area (Å²) in [7, 11) is 0. The molecule has 0 saturated heterocycles. The van der Waals surface area contributed by atoms with E-state index in [-0.39, 0.29) is 5.82 Å². The quantitative estimate of drug-likeness (QED) is 0.750. The molecule has 1 aromatic heterocycles. The van der Waals surface area contributed by atoms with Gasteiger partial charge in [-0.2, -0.15) is 0 Å². The van der Waals surface area contributed by atoms with Gasteiger partial charge >= 0.3 is 0 Å². The third-order valence-electron chi connectivity index (χ3n) is 2.40. The third kappa shape index (κ3) is 2.80. The molecule has 0 atom stereocenters. The van der Waals surface area contributed by atoms with E-state index in [9.17, 15) is 4.39 Å². The van der Waals surface area contributed by atoms with Crippen molar-refractivity contribution < 1.29 is 4.39 Å². The summed E-state index contributed by atoms with van der Waals surface area (Å²) >= 11 is 5.37. The summed E-state index contributed by atoms with van der Waals surface area (Å²) in [5.74, 6) is 0.543. The Kier molecular flexibility index (Phi) is 4.16. The van der Waals surface area contributed by atoms with Crippen LogP contribution in [0.15, 0.2) is 22.7 Å². The van der Waals surface area contributed by atoms with Gasteiger partial charge in [0.15, 0.2) is 5.82 Å². The maximum atomic E-state index is 13.4. The smallest absolute Gasteiger partial charge is 0.161 e. The fourth-order valence-electron chi connectivity index (χ4n) is 1.56. The molecule has 2 N–H and O–H groups in total. The van der Waals surface area contributed by atoms with E-state index < -0.39 is 0 Å². The van der Waals surface area contributed by atoms with E-state index in [1.54, 1.807) is 6.07 Å². The Labute approximate surface area is 126 Å². The lowest BCUT2D eigenvalue weighted by Crippen LogP contribution is -2.04. The predicted molar refractivity (Wildman–Crippen MR) is 81.6 cm³/mol. The average Bonchev–Trinajstić information content (AvgIpc) is 2.31. The number of halogens is 3. The number of benzene rings is 1. The molecule has 0 fully saturated rings. The van der Waals surface area contributed by atoms with Crippen LogP contribution >= 0.6 is 38.5 Å². The Bertz CT molecular complexity index is 584. The molecule has 0 saturated carbocycles. The molecule has 6 heteroatoms. The zero-order chi connectivity index (χ0) is 13.3. The number of hydrogen-bond acceptors (Lipinski definition) is 3. The second-order valence-electron chi connectivity index (χ2n) is 3.70. The lowest BCUT2D eigenvalue weighted by atomic mass is 10.2. The number of anilines is 1. The van der Waals surface area contributed by atoms with E-state index >= 15 is 0 Å². The van der Waals surface area contributed by atoms with Crippen LogP contribution in [0.1, 0.15) is 12.6 Å². The Morgan fingerprint density at radius 1 is 1.33 bits per heavy atom. The van der Waals surface area contributed by atoms with Gasteiger partial charge in [0.05, 0.1) is 9.26 Å². The van der Waals surface area contributed by atoms with Gasteiger partial charge in [-0.25, -0.2) is 14.4 Å². The number of nitrogens with zero attached hydrogens (tertiary/aromatic N) is 2. The van der Waals surface area contributed by atoms with Gasteiger partial charge in [0.2, 0.25) is 0 Å². The van der Waals surface area contributed by atoms with Gasteiger partial charge in [-0.15, -0.1) is 0 Å². The SMILES string of the molecule is CCc1nc(-c2cc(F)cc(Br)c2)nc(N)c1I. The third-order valence-corrected chi connectivity index (χ3v) is 4.03. The van der Waals surface area contributed by atoms with Crippen molar-refractivity contribution in [1.82, 2.24) is 9.97 Å². The van der Waals surface area contributed by atoms with Crippen molar-refractivity contribution in [3.05, 3.63) is 37.8 Å². The minimum absolute atomic E-state index is 0.335. The highest BCUT2D eigenvalue weighted by Gasteiger charge is 2.11. The van der Waals surface area contributed by atoms with Gasteiger partial charge in [0.1, 0.15) is 11.6 Å². The number of hydrogen-bond donors (Lipinski definition) is 1. The number of aryl methyl sites for hydroxylation is 1. The summed E-state index contributed by atoms with van der Waals surface area (Å²) in [4.78, 5) is 8.62. The van der Waals surface area contributed by atoms with Crippen molar-refractivity contribution in [2.24, 2.45) is 0 Å². The van der Waals surface area contributed by atoms with Crippen molar-refractivity contribution in [1.29, 1.82) is 0 Å². The second-order valence-corrected chi connectivity index (χ2v) is 5.70. The maximum Gasteiger partial charge on any atom is 0.161 e. The first-order valence-electron chi connectivity index (χ1n) is 5.29. The first-order chi connectivity index (χ1) is 8.51. The summed E-state index contributed by atoms with van der Waals surface area (Å²) < 4.78 is 14.9. The van der Waals surface area contributed by atoms with Gasteiger partial charge in [-0.1, -0.05) is 22.9 Å². The van der Waals surface area contributed by atoms with Gasteiger partial charge in [0.25, 0.3) is 0 Å². The lowest BCUT2D eigenvalue weighted by molar-refractivity contribution is 0.627. The Morgan fingerprint density at radius 2 is 2.06 bits per heavy atom. The van der Waals surface area contributed by atoms with Crippen molar-refractivity contribution >= 4 is 44.3 Å². The molecule has 0 amide bonds. The summed E-state index contributed by atoms with van der Waals surface area (Å²) in [5.41, 5.74) is 7.33. The first-order valence-corrected chi connectivity index (χ1v) is 7.16. The summed E-state index contributed by atoms with van der Waals surface area (Å²) in [6.45, 7) is 2.00. The minimum Gasteiger partial charge on any atom is -0.383 e. The van der Waals surface area contributed by atoms with Crippen LogP contribution in [0.2, 0.25) is 0 Å². The number of nitrogen functional groups attached to an aromatic ring is 1. The molecular weight excluding hydrogens is 412 g/mol. The van der Waals surface area contributed by atoms with Crippen LogP contribution in [0.4, 0.5) is 10.2 Å². The monoisotopic (exact) mass is 421 g/mol. The van der Waals surface area contributed by atoms with Crippen LogP contribution in [0.5, 0.6) is 0 Å². The highest BCUT2D eigenvalue weighted by Crippen LogP contribution is 2.25. The van der Waals surface area contributed by atoms with Crippen LogP contribution in [0, 0.1) is 9.39 Å². The van der Waals surface area contributed by atoms with Gasteiger partial charge in [-0.05, 0) is 47.2 Å². The van der Waals surface area contributed by atoms with E-state index in [4.69, 9.17) is 5.73 Å². The fourth-order valence-corrected chi connectivity index (χ4v) is 2.65. The molecule has 0 bridgehead atoms. The lowest BCUT2D eigenvalue weighted by Gasteiger charge is -2.08. The van der Waals surface area contributed by atoms with Crippen LogP contribution in [0.3, 0.4) is 0 Å². The molecule has 18 heavy (non-hydrogen) atoms. The molecule has 0 aliphatic rings. The van der Waals surface area contributed by atoms with E-state index in [0.717, 1.165) is 15.7 Å². The highest BCUT2D eigenvalue weighted by molar-refractivity contribution is 14.1. The Balaban J connectivity index is 2.60. The molecule has 94 valence electrons. The van der Waals surface area contributed by atoms with Crippen molar-refractivity contribution in [2.45, 2.75) is 13.3 Å². The summed E-state index contributed by atoms with van der Waals surface area (Å²) in [6, 6.07) is 4.55. The van der Waals surface area contributed by atoms with E-state index in [0.29, 0.717) is 21.7 Å². The molecule has 0 radical (unpaired) electrons. The van der Waals surface area contributed by atoms with E-state index in [1.807, 2.05) is 6.92 Å². The number of rotatable bonds is 2. The molecule has 2 rings (SSSR count). The van der Waals surface area contributed by atoms with Crippen LogP contribution < -0.4 is 5.73 Å². The number of aromatic nitrogens is 2. The average molecular weight is 422 g/mol. The van der Waals surface area contributed by atoms with Gasteiger partial charge in [0, 0.05) is 10.0 Å². The normalized spacial score (nSPS) is 10.7. The van der Waals surface area contributed by atoms with Crippen molar-refractivity contribution in [3.63, 3.8) is 0 Å². The highest BCUT2D eigenvalue weighted by atomic mass is 127. The Hall–Kier alpha value is -0.760. The van der Waals surface area contributed by atoms with E-state index in [1.165, 1.54) is 12.1 Å². The second kappa shape index (κ2) is 5.48. The molecule has 0 aliphatic carbocycles. The van der Waals surface area contributed by atoms with E-state index in [2.05, 4.69) is 48.5 Å². The molecule has 0 unspecified atom stereocenters. The first kappa shape index (κ1) is 13.7. The summed E-state index contributed by atoms with van der Waals surface area (Å²) in [5, 5.41) is 0. The largest absolute Gasteiger partial charge is 0.383 e. The zero-order valence-electron chi connectivity index (χ0n) is 9.54. The van der Waals surface area contributed by atoms with Gasteiger partial charge < -0.3 is 5.73 Å². The zero-order valence-corrected chi connectivity index (χ0v) is 13.3. The molecule has 2 aromatic rings. The fraction of sp³-hybridized carbons (Fsp3) is 0.167. The van der Waals surface area contributed by atoms with Crippen LogP contribution in [-0.4, -0.2) is 9.97 Å². The van der Waals surface area contributed by atoms with Crippen LogP contribution in [-0.2, 0) is 6.42 Å². The standard InChI is InChI=1S/C12H10BrFIN3/c1-2-9-10(15)11(16)18-12(17-9)6-3-7(13)5-8(14)4-6/h3-5H,2H2,1H3,(H2,16,17,18). The van der Waals surface area contributed by atoms with Gasteiger partial charge in [-0.3, -0.25) is 0 Å². The molecule has 1 aromatic carbocycles. The van der Waals surface area contributed by atoms with Crippen LogP contribution in [0.25, 0.3) is 11.4 Å². The molecule has 0 aliphatic heterocycles. The minimum atomic E-state index is -0.335.